The molecule has 0 radical (unpaired) electrons. The molecule has 1 heterocycles. The van der Waals surface area contributed by atoms with Gasteiger partial charge in [-0.15, -0.1) is 0 Å². The second-order valence-electron chi connectivity index (χ2n) is 6.63. The number of rotatable bonds is 6. The summed E-state index contributed by atoms with van der Waals surface area (Å²) in [6.45, 7) is 8.26. The topological polar surface area (TPSA) is 35.5 Å². The van der Waals surface area contributed by atoms with Gasteiger partial charge in [-0.1, -0.05) is 26.7 Å². The normalized spacial score (nSPS) is 33.9. The lowest BCUT2D eigenvalue weighted by atomic mass is 9.91. The molecule has 2 rings (SSSR count). The summed E-state index contributed by atoms with van der Waals surface area (Å²) in [5, 5.41) is 13.2. The van der Waals surface area contributed by atoms with Gasteiger partial charge in [-0.2, -0.15) is 0 Å². The van der Waals surface area contributed by atoms with E-state index in [0.29, 0.717) is 12.6 Å². The maximum absolute atomic E-state index is 9.69. The summed E-state index contributed by atoms with van der Waals surface area (Å²) < 4.78 is 0. The third-order valence-corrected chi connectivity index (χ3v) is 5.30. The van der Waals surface area contributed by atoms with E-state index in [1.165, 1.54) is 45.2 Å². The largest absolute Gasteiger partial charge is 0.394 e. The van der Waals surface area contributed by atoms with Crippen molar-refractivity contribution in [2.24, 2.45) is 5.92 Å². The van der Waals surface area contributed by atoms with Gasteiger partial charge in [0.25, 0.3) is 0 Å². The van der Waals surface area contributed by atoms with Gasteiger partial charge in [-0.3, -0.25) is 0 Å². The molecule has 1 aliphatic heterocycles. The molecule has 1 saturated carbocycles. The Bertz CT molecular complexity index is 263. The fraction of sp³-hybridized carbons (Fsp3) is 1.00. The van der Waals surface area contributed by atoms with Gasteiger partial charge in [0.2, 0.25) is 0 Å². The third kappa shape index (κ3) is 3.71. The summed E-state index contributed by atoms with van der Waals surface area (Å²) >= 11 is 0. The average molecular weight is 268 g/mol. The van der Waals surface area contributed by atoms with E-state index in [1.807, 2.05) is 0 Å². The molecular formula is C16H32N2O. The Morgan fingerprint density at radius 3 is 2.53 bits per heavy atom. The molecule has 0 bridgehead atoms. The van der Waals surface area contributed by atoms with E-state index in [4.69, 9.17) is 0 Å². The van der Waals surface area contributed by atoms with Crippen LogP contribution < -0.4 is 5.32 Å². The summed E-state index contributed by atoms with van der Waals surface area (Å²) in [5.41, 5.74) is 0.0136. The van der Waals surface area contributed by atoms with Crippen LogP contribution in [-0.2, 0) is 0 Å². The van der Waals surface area contributed by atoms with Gasteiger partial charge in [0.05, 0.1) is 6.61 Å². The molecule has 0 aromatic carbocycles. The highest BCUT2D eigenvalue weighted by atomic mass is 16.3. The third-order valence-electron chi connectivity index (χ3n) is 5.30. The van der Waals surface area contributed by atoms with E-state index in [0.717, 1.165) is 25.3 Å². The van der Waals surface area contributed by atoms with Crippen LogP contribution in [0, 0.1) is 5.92 Å². The van der Waals surface area contributed by atoms with E-state index in [-0.39, 0.29) is 5.54 Å². The molecule has 3 nitrogen and oxygen atoms in total. The molecule has 0 aromatic rings. The van der Waals surface area contributed by atoms with Gasteiger partial charge in [0.1, 0.15) is 0 Å². The highest BCUT2D eigenvalue weighted by Gasteiger charge is 2.40. The first-order valence-corrected chi connectivity index (χ1v) is 8.33. The van der Waals surface area contributed by atoms with Crippen molar-refractivity contribution in [1.29, 1.82) is 0 Å². The minimum atomic E-state index is 0.0136. The second kappa shape index (κ2) is 7.05. The van der Waals surface area contributed by atoms with Gasteiger partial charge in [-0.05, 0) is 57.7 Å². The number of nitrogens with one attached hydrogen (secondary N) is 1. The number of aliphatic hydroxyl groups excluding tert-OH is 1. The van der Waals surface area contributed by atoms with Crippen LogP contribution in [0.3, 0.4) is 0 Å². The van der Waals surface area contributed by atoms with Gasteiger partial charge < -0.3 is 15.3 Å². The number of likely N-dealkylation sites (N-methyl/N-ethyl adjacent to an activating group) is 1. The predicted octanol–water partition coefficient (Wildman–Crippen LogP) is 2.39. The lowest BCUT2D eigenvalue weighted by Gasteiger charge is -2.37. The molecule has 2 fully saturated rings. The Kier molecular flexibility index (Phi) is 5.67. The van der Waals surface area contributed by atoms with Crippen molar-refractivity contribution in [3.63, 3.8) is 0 Å². The van der Waals surface area contributed by atoms with Gasteiger partial charge in [0.15, 0.2) is 0 Å². The van der Waals surface area contributed by atoms with Gasteiger partial charge >= 0.3 is 0 Å². The molecule has 2 atom stereocenters. The quantitative estimate of drug-likeness (QED) is 0.776. The van der Waals surface area contributed by atoms with Crippen LogP contribution in [0.4, 0.5) is 0 Å². The average Bonchev–Trinajstić information content (AvgIpc) is 2.85. The SMILES string of the molecule is CCCC1CCN(C2CCC(CO)(NCC)C2)CC1. The monoisotopic (exact) mass is 268 g/mol. The van der Waals surface area contributed by atoms with Crippen molar-refractivity contribution in [2.45, 2.75) is 70.4 Å². The molecule has 0 aromatic heterocycles. The Morgan fingerprint density at radius 1 is 1.21 bits per heavy atom. The lowest BCUT2D eigenvalue weighted by Crippen LogP contribution is -2.48. The molecule has 0 amide bonds. The zero-order valence-corrected chi connectivity index (χ0v) is 12.8. The predicted molar refractivity (Wildman–Crippen MR) is 80.3 cm³/mol. The number of likely N-dealkylation sites (tertiary alicyclic amines) is 1. The van der Waals surface area contributed by atoms with Crippen LogP contribution in [0.15, 0.2) is 0 Å². The molecule has 2 N–H and O–H groups in total. The zero-order chi connectivity index (χ0) is 13.7. The van der Waals surface area contributed by atoms with Crippen molar-refractivity contribution >= 4 is 0 Å². The minimum Gasteiger partial charge on any atom is -0.394 e. The Labute approximate surface area is 118 Å². The lowest BCUT2D eigenvalue weighted by molar-refractivity contribution is 0.112. The van der Waals surface area contributed by atoms with E-state index in [9.17, 15) is 5.11 Å². The van der Waals surface area contributed by atoms with Crippen LogP contribution in [0.5, 0.6) is 0 Å². The van der Waals surface area contributed by atoms with E-state index < -0.39 is 0 Å². The van der Waals surface area contributed by atoms with Crippen LogP contribution >= 0.6 is 0 Å². The smallest absolute Gasteiger partial charge is 0.0613 e. The van der Waals surface area contributed by atoms with E-state index >= 15 is 0 Å². The van der Waals surface area contributed by atoms with Crippen LogP contribution in [0.25, 0.3) is 0 Å². The number of nitrogens with zero attached hydrogens (tertiary/aromatic N) is 1. The van der Waals surface area contributed by atoms with Crippen molar-refractivity contribution < 1.29 is 5.11 Å². The first-order valence-electron chi connectivity index (χ1n) is 8.33. The number of hydrogen-bond acceptors (Lipinski definition) is 3. The van der Waals surface area contributed by atoms with Crippen molar-refractivity contribution in [2.75, 3.05) is 26.2 Å². The molecular weight excluding hydrogens is 236 g/mol. The van der Waals surface area contributed by atoms with Gasteiger partial charge in [-0.25, -0.2) is 0 Å². The maximum atomic E-state index is 9.69. The summed E-state index contributed by atoms with van der Waals surface area (Å²) in [6, 6.07) is 0.703. The Hall–Kier alpha value is -0.120. The number of hydrogen-bond donors (Lipinski definition) is 2. The van der Waals surface area contributed by atoms with Gasteiger partial charge in [0, 0.05) is 11.6 Å². The Balaban J connectivity index is 1.81. The van der Waals surface area contributed by atoms with E-state index in [2.05, 4.69) is 24.1 Å². The standard InChI is InChI=1S/C16H32N2O/c1-3-5-14-7-10-18(11-8-14)15-6-9-16(12-15,13-19)17-4-2/h14-15,17,19H,3-13H2,1-2H3. The maximum Gasteiger partial charge on any atom is 0.0613 e. The molecule has 19 heavy (non-hydrogen) atoms. The van der Waals surface area contributed by atoms with Crippen LogP contribution in [0.2, 0.25) is 0 Å². The number of piperidine rings is 1. The summed E-state index contributed by atoms with van der Waals surface area (Å²) in [7, 11) is 0. The van der Waals surface area contributed by atoms with E-state index in [1.54, 1.807) is 0 Å². The van der Waals surface area contributed by atoms with Crippen molar-refractivity contribution in [1.82, 2.24) is 10.2 Å². The molecule has 2 aliphatic rings. The molecule has 3 heteroatoms. The summed E-state index contributed by atoms with van der Waals surface area (Å²) in [4.78, 5) is 2.70. The molecule has 1 saturated heterocycles. The van der Waals surface area contributed by atoms with Crippen LogP contribution in [-0.4, -0.2) is 47.8 Å². The highest BCUT2D eigenvalue weighted by molar-refractivity contribution is 4.99. The molecule has 1 aliphatic carbocycles. The number of aliphatic hydroxyl groups is 1. The fourth-order valence-corrected chi connectivity index (χ4v) is 4.16. The fourth-order valence-electron chi connectivity index (χ4n) is 4.16. The van der Waals surface area contributed by atoms with Crippen molar-refractivity contribution in [3.8, 4) is 0 Å². The zero-order valence-electron chi connectivity index (χ0n) is 12.8. The molecule has 2 unspecified atom stereocenters. The van der Waals surface area contributed by atoms with Crippen LogP contribution in [0.1, 0.15) is 58.8 Å². The summed E-state index contributed by atoms with van der Waals surface area (Å²) in [5.74, 6) is 0.971. The Morgan fingerprint density at radius 2 is 1.95 bits per heavy atom. The molecule has 0 spiro atoms. The molecule has 112 valence electrons. The van der Waals surface area contributed by atoms with Crippen molar-refractivity contribution in [3.05, 3.63) is 0 Å². The first kappa shape index (κ1) is 15.3. The summed E-state index contributed by atoms with van der Waals surface area (Å²) in [6.07, 6.45) is 9.05. The first-order chi connectivity index (χ1) is 9.23. The minimum absolute atomic E-state index is 0.0136. The second-order valence-corrected chi connectivity index (χ2v) is 6.63. The highest BCUT2D eigenvalue weighted by Crippen LogP contribution is 2.35.